The maximum atomic E-state index is 6.25. The number of hydrogen-bond acceptors (Lipinski definition) is 7. The number of hydrogen-bond donors (Lipinski definition) is 1. The number of likely N-dealkylation sites (tertiary alicyclic amines) is 1. The summed E-state index contributed by atoms with van der Waals surface area (Å²) in [6.07, 6.45) is 6.82. The molecule has 0 aliphatic carbocycles. The molecule has 2 aliphatic rings. The first kappa shape index (κ1) is 16.9. The fourth-order valence-corrected chi connectivity index (χ4v) is 4.63. The smallest absolute Gasteiger partial charge is 0.222 e. The Balaban J connectivity index is 1.36. The summed E-state index contributed by atoms with van der Waals surface area (Å²) in [5.41, 5.74) is 2.16. The van der Waals surface area contributed by atoms with E-state index in [-0.39, 0.29) is 5.60 Å². The van der Waals surface area contributed by atoms with E-state index in [1.54, 1.807) is 11.3 Å². The van der Waals surface area contributed by atoms with Crippen LogP contribution < -0.4 is 5.32 Å². The summed E-state index contributed by atoms with van der Waals surface area (Å²) in [6.45, 7) is 7.85. The van der Waals surface area contributed by atoms with Crippen molar-refractivity contribution in [3.05, 3.63) is 34.0 Å². The minimum absolute atomic E-state index is 0.0348. The van der Waals surface area contributed by atoms with Gasteiger partial charge in [0.05, 0.1) is 12.1 Å². The summed E-state index contributed by atoms with van der Waals surface area (Å²) < 4.78 is 6.25. The minimum atomic E-state index is -0.0348. The molecular weight excluding hydrogens is 334 g/mol. The fraction of sp³-hybridized carbons (Fsp3) is 0.611. The second-order valence-electron chi connectivity index (χ2n) is 7.29. The minimum Gasteiger partial charge on any atom is -0.373 e. The van der Waals surface area contributed by atoms with E-state index in [4.69, 9.17) is 4.74 Å². The van der Waals surface area contributed by atoms with Crippen molar-refractivity contribution in [1.82, 2.24) is 19.9 Å². The number of aromatic nitrogens is 3. The van der Waals surface area contributed by atoms with E-state index in [1.165, 1.54) is 5.01 Å². The molecule has 6 nitrogen and oxygen atoms in total. The Morgan fingerprint density at radius 3 is 2.96 bits per heavy atom. The summed E-state index contributed by atoms with van der Waals surface area (Å²) in [5, 5.41) is 6.82. The molecule has 2 saturated heterocycles. The number of aryl methyl sites for hydroxylation is 2. The van der Waals surface area contributed by atoms with Crippen molar-refractivity contribution >= 4 is 17.3 Å². The van der Waals surface area contributed by atoms with Gasteiger partial charge in [-0.25, -0.2) is 15.0 Å². The Kier molecular flexibility index (Phi) is 4.71. The molecule has 0 aromatic carbocycles. The Bertz CT molecular complexity index is 719. The van der Waals surface area contributed by atoms with Crippen LogP contribution in [0.4, 0.5) is 5.95 Å². The van der Waals surface area contributed by atoms with E-state index in [9.17, 15) is 0 Å². The number of ether oxygens (including phenoxy) is 1. The molecule has 0 amide bonds. The Morgan fingerprint density at radius 2 is 2.20 bits per heavy atom. The SMILES string of the molecule is Cc1cnc(N[C@@H]2CCO[C@]3(CCN(Cc4nc(C)cs4)C3)C2)nc1. The van der Waals surface area contributed by atoms with Crippen LogP contribution in [0, 0.1) is 13.8 Å². The van der Waals surface area contributed by atoms with E-state index in [1.807, 2.05) is 19.3 Å². The van der Waals surface area contributed by atoms with Gasteiger partial charge >= 0.3 is 0 Å². The van der Waals surface area contributed by atoms with E-state index >= 15 is 0 Å². The first-order chi connectivity index (χ1) is 12.1. The molecule has 134 valence electrons. The molecule has 2 fully saturated rings. The quantitative estimate of drug-likeness (QED) is 0.906. The van der Waals surface area contributed by atoms with Gasteiger partial charge in [0.2, 0.25) is 5.95 Å². The lowest BCUT2D eigenvalue weighted by molar-refractivity contribution is -0.0737. The Morgan fingerprint density at radius 1 is 1.36 bits per heavy atom. The molecule has 0 radical (unpaired) electrons. The zero-order valence-corrected chi connectivity index (χ0v) is 15.7. The third kappa shape index (κ3) is 3.99. The third-order valence-electron chi connectivity index (χ3n) is 5.03. The number of anilines is 1. The first-order valence-electron chi connectivity index (χ1n) is 8.93. The molecular formula is C18H25N5OS. The van der Waals surface area contributed by atoms with Gasteiger partial charge < -0.3 is 10.1 Å². The highest BCUT2D eigenvalue weighted by Crippen LogP contribution is 2.35. The van der Waals surface area contributed by atoms with Crippen LogP contribution in [-0.2, 0) is 11.3 Å². The van der Waals surface area contributed by atoms with Gasteiger partial charge in [-0.3, -0.25) is 4.90 Å². The molecule has 2 atom stereocenters. The predicted octanol–water partition coefficient (Wildman–Crippen LogP) is 2.79. The molecule has 0 saturated carbocycles. The summed E-state index contributed by atoms with van der Waals surface area (Å²) in [4.78, 5) is 15.8. The van der Waals surface area contributed by atoms with Gasteiger partial charge in [-0.15, -0.1) is 11.3 Å². The third-order valence-corrected chi connectivity index (χ3v) is 5.98. The fourth-order valence-electron chi connectivity index (χ4n) is 3.81. The van der Waals surface area contributed by atoms with Crippen LogP contribution in [0.3, 0.4) is 0 Å². The average Bonchev–Trinajstić information content (AvgIpc) is 3.17. The van der Waals surface area contributed by atoms with Crippen molar-refractivity contribution in [2.24, 2.45) is 0 Å². The molecule has 2 aromatic rings. The van der Waals surface area contributed by atoms with E-state index in [0.29, 0.717) is 6.04 Å². The number of nitrogens with zero attached hydrogens (tertiary/aromatic N) is 4. The second kappa shape index (κ2) is 6.97. The second-order valence-corrected chi connectivity index (χ2v) is 8.24. The zero-order chi connectivity index (χ0) is 17.3. The Labute approximate surface area is 152 Å². The highest BCUT2D eigenvalue weighted by atomic mass is 32.1. The molecule has 25 heavy (non-hydrogen) atoms. The van der Waals surface area contributed by atoms with Gasteiger partial charge in [-0.2, -0.15) is 0 Å². The van der Waals surface area contributed by atoms with Crippen LogP contribution in [0.25, 0.3) is 0 Å². The maximum Gasteiger partial charge on any atom is 0.222 e. The zero-order valence-electron chi connectivity index (χ0n) is 14.9. The lowest BCUT2D eigenvalue weighted by Gasteiger charge is -2.38. The standard InChI is InChI=1S/C18H25N5OS/c1-13-8-19-17(20-9-13)22-15-3-6-24-18(7-15)4-5-23(12-18)10-16-21-14(2)11-25-16/h8-9,11,15H,3-7,10,12H2,1-2H3,(H,19,20,22)/t15-,18-/m1/s1. The lowest BCUT2D eigenvalue weighted by atomic mass is 9.89. The van der Waals surface area contributed by atoms with Gasteiger partial charge in [-0.05, 0) is 38.7 Å². The van der Waals surface area contributed by atoms with E-state index < -0.39 is 0 Å². The van der Waals surface area contributed by atoms with E-state index in [0.717, 1.165) is 62.7 Å². The summed E-state index contributed by atoms with van der Waals surface area (Å²) in [6, 6.07) is 0.374. The molecule has 4 heterocycles. The summed E-state index contributed by atoms with van der Waals surface area (Å²) >= 11 is 1.75. The van der Waals surface area contributed by atoms with Crippen LogP contribution in [0.15, 0.2) is 17.8 Å². The van der Waals surface area contributed by atoms with Gasteiger partial charge in [0, 0.05) is 49.2 Å². The van der Waals surface area contributed by atoms with Gasteiger partial charge in [0.25, 0.3) is 0 Å². The molecule has 7 heteroatoms. The maximum absolute atomic E-state index is 6.25. The van der Waals surface area contributed by atoms with E-state index in [2.05, 4.69) is 37.5 Å². The van der Waals surface area contributed by atoms with Crippen molar-refractivity contribution in [2.75, 3.05) is 25.0 Å². The number of nitrogens with one attached hydrogen (secondary N) is 1. The molecule has 2 aliphatic heterocycles. The van der Waals surface area contributed by atoms with Gasteiger partial charge in [0.15, 0.2) is 0 Å². The van der Waals surface area contributed by atoms with Crippen molar-refractivity contribution in [2.45, 2.75) is 51.3 Å². The largest absolute Gasteiger partial charge is 0.373 e. The lowest BCUT2D eigenvalue weighted by Crippen LogP contribution is -2.46. The van der Waals surface area contributed by atoms with Crippen LogP contribution in [0.1, 0.15) is 35.5 Å². The van der Waals surface area contributed by atoms with Crippen LogP contribution in [0.5, 0.6) is 0 Å². The van der Waals surface area contributed by atoms with Crippen molar-refractivity contribution in [3.8, 4) is 0 Å². The molecule has 1 N–H and O–H groups in total. The van der Waals surface area contributed by atoms with Crippen LogP contribution >= 0.6 is 11.3 Å². The summed E-state index contributed by atoms with van der Waals surface area (Å²) in [5.74, 6) is 0.723. The van der Waals surface area contributed by atoms with Gasteiger partial charge in [-0.1, -0.05) is 0 Å². The highest BCUT2D eigenvalue weighted by molar-refractivity contribution is 7.09. The average molecular weight is 359 g/mol. The molecule has 4 rings (SSSR count). The monoisotopic (exact) mass is 359 g/mol. The van der Waals surface area contributed by atoms with Crippen LogP contribution in [0.2, 0.25) is 0 Å². The van der Waals surface area contributed by atoms with Crippen LogP contribution in [-0.4, -0.2) is 51.2 Å². The number of rotatable bonds is 4. The van der Waals surface area contributed by atoms with Gasteiger partial charge in [0.1, 0.15) is 5.01 Å². The normalized spacial score (nSPS) is 27.0. The summed E-state index contributed by atoms with van der Waals surface area (Å²) in [7, 11) is 0. The molecule has 0 unspecified atom stereocenters. The van der Waals surface area contributed by atoms with Crippen molar-refractivity contribution in [3.63, 3.8) is 0 Å². The van der Waals surface area contributed by atoms with Crippen molar-refractivity contribution < 1.29 is 4.74 Å². The predicted molar refractivity (Wildman–Crippen MR) is 98.8 cm³/mol. The van der Waals surface area contributed by atoms with Crippen molar-refractivity contribution in [1.29, 1.82) is 0 Å². The highest BCUT2D eigenvalue weighted by Gasteiger charge is 2.43. The number of thiazole rings is 1. The topological polar surface area (TPSA) is 63.2 Å². The molecule has 0 bridgehead atoms. The Hall–Kier alpha value is -1.57. The molecule has 1 spiro atoms. The first-order valence-corrected chi connectivity index (χ1v) is 9.81. The molecule has 2 aromatic heterocycles.